The fraction of sp³-hybridized carbons (Fsp3) is 0.150. The van der Waals surface area contributed by atoms with Gasteiger partial charge in [0.2, 0.25) is 5.91 Å². The molecule has 0 aliphatic rings. The van der Waals surface area contributed by atoms with Crippen LogP contribution in [0.25, 0.3) is 11.3 Å². The largest absolute Gasteiger partial charge is 0.368 e. The van der Waals surface area contributed by atoms with Crippen LogP contribution in [0.5, 0.6) is 0 Å². The van der Waals surface area contributed by atoms with Crippen molar-refractivity contribution in [3.63, 3.8) is 0 Å². The Morgan fingerprint density at radius 2 is 1.69 bits per heavy atom. The van der Waals surface area contributed by atoms with Crippen LogP contribution >= 0.6 is 0 Å². The maximum absolute atomic E-state index is 12.8. The topological polar surface area (TPSA) is 90.0 Å². The monoisotopic (exact) mass is 348 g/mol. The Morgan fingerprint density at radius 3 is 2.35 bits per heavy atom. The predicted octanol–water partition coefficient (Wildman–Crippen LogP) is 2.05. The molecule has 3 N–H and O–H groups in total. The lowest BCUT2D eigenvalue weighted by atomic mass is 10.1. The summed E-state index contributed by atoms with van der Waals surface area (Å²) < 4.78 is 1.36. The summed E-state index contributed by atoms with van der Waals surface area (Å²) in [6.07, 6.45) is 2.35. The van der Waals surface area contributed by atoms with Crippen LogP contribution in [-0.4, -0.2) is 22.0 Å². The molecule has 0 spiro atoms. The van der Waals surface area contributed by atoms with E-state index in [4.69, 9.17) is 5.73 Å². The van der Waals surface area contributed by atoms with Crippen LogP contribution in [0.4, 0.5) is 5.82 Å². The van der Waals surface area contributed by atoms with Gasteiger partial charge >= 0.3 is 0 Å². The molecule has 0 bridgehead atoms. The maximum Gasteiger partial charge on any atom is 0.294 e. The van der Waals surface area contributed by atoms with E-state index in [2.05, 4.69) is 10.3 Å². The van der Waals surface area contributed by atoms with Crippen molar-refractivity contribution in [2.24, 2.45) is 5.73 Å². The minimum absolute atomic E-state index is 0.195. The first-order valence-electron chi connectivity index (χ1n) is 8.36. The number of nitrogens with zero attached hydrogens (tertiary/aromatic N) is 2. The molecule has 0 aliphatic heterocycles. The number of amides is 1. The van der Waals surface area contributed by atoms with Crippen LogP contribution in [-0.2, 0) is 17.8 Å². The number of carbonyl (C=O) groups excluding carboxylic acids is 1. The predicted molar refractivity (Wildman–Crippen MR) is 102 cm³/mol. The summed E-state index contributed by atoms with van der Waals surface area (Å²) in [6, 6.07) is 19.3. The van der Waals surface area contributed by atoms with Gasteiger partial charge in [0.05, 0.1) is 11.9 Å². The average Bonchev–Trinajstić information content (AvgIpc) is 2.66. The van der Waals surface area contributed by atoms with E-state index in [1.165, 1.54) is 10.1 Å². The number of rotatable bonds is 7. The van der Waals surface area contributed by atoms with E-state index in [1.807, 2.05) is 60.7 Å². The highest BCUT2D eigenvalue weighted by atomic mass is 16.2. The van der Waals surface area contributed by atoms with Crippen molar-refractivity contribution in [3.8, 4) is 11.3 Å². The second kappa shape index (κ2) is 8.11. The molecule has 0 radical (unpaired) electrons. The summed E-state index contributed by atoms with van der Waals surface area (Å²) >= 11 is 0. The van der Waals surface area contributed by atoms with Crippen molar-refractivity contribution < 1.29 is 4.79 Å². The highest BCUT2D eigenvalue weighted by molar-refractivity contribution is 5.75. The molecule has 0 atom stereocenters. The van der Waals surface area contributed by atoms with Gasteiger partial charge in [-0.05, 0) is 17.5 Å². The number of carbonyl (C=O) groups is 1. The molecular formula is C20H20N4O2. The minimum atomic E-state index is -0.578. The molecule has 0 unspecified atom stereocenters. The van der Waals surface area contributed by atoms with Gasteiger partial charge < -0.3 is 11.1 Å². The summed E-state index contributed by atoms with van der Waals surface area (Å²) in [5.41, 5.74) is 7.49. The van der Waals surface area contributed by atoms with Crippen molar-refractivity contribution in [2.45, 2.75) is 13.0 Å². The molecule has 132 valence electrons. The lowest BCUT2D eigenvalue weighted by Crippen LogP contribution is -2.31. The number of primary amides is 1. The molecular weight excluding hydrogens is 328 g/mol. The molecule has 1 aromatic heterocycles. The van der Waals surface area contributed by atoms with Crippen molar-refractivity contribution in [1.82, 2.24) is 9.55 Å². The first kappa shape index (κ1) is 17.4. The normalized spacial score (nSPS) is 10.5. The Labute approximate surface area is 151 Å². The smallest absolute Gasteiger partial charge is 0.294 e. The van der Waals surface area contributed by atoms with Gasteiger partial charge in [0.15, 0.2) is 5.82 Å². The third-order valence-corrected chi connectivity index (χ3v) is 3.99. The lowest BCUT2D eigenvalue weighted by molar-refractivity contribution is -0.118. The number of benzene rings is 2. The molecule has 0 saturated carbocycles. The van der Waals surface area contributed by atoms with E-state index in [1.54, 1.807) is 6.20 Å². The third kappa shape index (κ3) is 4.16. The summed E-state index contributed by atoms with van der Waals surface area (Å²) in [7, 11) is 0. The summed E-state index contributed by atoms with van der Waals surface area (Å²) in [4.78, 5) is 28.5. The van der Waals surface area contributed by atoms with E-state index in [9.17, 15) is 9.59 Å². The van der Waals surface area contributed by atoms with Gasteiger partial charge in [0.25, 0.3) is 5.56 Å². The zero-order chi connectivity index (χ0) is 18.4. The van der Waals surface area contributed by atoms with Gasteiger partial charge in [0, 0.05) is 6.54 Å². The number of nitrogens with two attached hydrogens (primary N) is 1. The van der Waals surface area contributed by atoms with Crippen LogP contribution in [0.15, 0.2) is 71.7 Å². The van der Waals surface area contributed by atoms with Crippen LogP contribution < -0.4 is 16.6 Å². The Morgan fingerprint density at radius 1 is 1.04 bits per heavy atom. The Kier molecular flexibility index (Phi) is 5.43. The zero-order valence-electron chi connectivity index (χ0n) is 14.3. The van der Waals surface area contributed by atoms with Gasteiger partial charge in [0.1, 0.15) is 6.54 Å². The number of hydrogen-bond donors (Lipinski definition) is 2. The van der Waals surface area contributed by atoms with Crippen molar-refractivity contribution in [1.29, 1.82) is 0 Å². The third-order valence-electron chi connectivity index (χ3n) is 3.99. The van der Waals surface area contributed by atoms with E-state index in [-0.39, 0.29) is 17.9 Å². The van der Waals surface area contributed by atoms with Gasteiger partial charge in [-0.1, -0.05) is 60.7 Å². The van der Waals surface area contributed by atoms with Crippen LogP contribution in [0, 0.1) is 0 Å². The average molecular weight is 348 g/mol. The van der Waals surface area contributed by atoms with Crippen LogP contribution in [0.2, 0.25) is 0 Å². The second-order valence-corrected chi connectivity index (χ2v) is 5.88. The van der Waals surface area contributed by atoms with E-state index < -0.39 is 5.91 Å². The summed E-state index contributed by atoms with van der Waals surface area (Å²) in [5.74, 6) is -0.368. The van der Waals surface area contributed by atoms with Gasteiger partial charge in [-0.15, -0.1) is 0 Å². The van der Waals surface area contributed by atoms with Crippen LogP contribution in [0.3, 0.4) is 0 Å². The minimum Gasteiger partial charge on any atom is -0.368 e. The molecule has 3 aromatic rings. The number of anilines is 1. The van der Waals surface area contributed by atoms with E-state index >= 15 is 0 Å². The first-order chi connectivity index (χ1) is 12.6. The highest BCUT2D eigenvalue weighted by Crippen LogP contribution is 2.17. The van der Waals surface area contributed by atoms with E-state index in [0.717, 1.165) is 12.0 Å². The zero-order valence-corrected chi connectivity index (χ0v) is 14.3. The fourth-order valence-corrected chi connectivity index (χ4v) is 2.73. The van der Waals surface area contributed by atoms with Crippen molar-refractivity contribution in [3.05, 3.63) is 82.8 Å². The number of aromatic nitrogens is 2. The first-order valence-corrected chi connectivity index (χ1v) is 8.36. The van der Waals surface area contributed by atoms with Crippen molar-refractivity contribution in [2.75, 3.05) is 11.9 Å². The van der Waals surface area contributed by atoms with E-state index in [0.29, 0.717) is 12.2 Å². The molecule has 26 heavy (non-hydrogen) atoms. The van der Waals surface area contributed by atoms with Crippen molar-refractivity contribution >= 4 is 11.7 Å². The quantitative estimate of drug-likeness (QED) is 0.684. The van der Waals surface area contributed by atoms with Gasteiger partial charge in [-0.2, -0.15) is 0 Å². The molecule has 0 aliphatic carbocycles. The Hall–Kier alpha value is -3.41. The lowest BCUT2D eigenvalue weighted by Gasteiger charge is -2.13. The Bertz CT molecular complexity index is 937. The molecule has 1 amide bonds. The second-order valence-electron chi connectivity index (χ2n) is 5.88. The molecule has 0 fully saturated rings. The Balaban J connectivity index is 1.85. The van der Waals surface area contributed by atoms with Gasteiger partial charge in [-0.25, -0.2) is 4.98 Å². The summed E-state index contributed by atoms with van der Waals surface area (Å²) in [6.45, 7) is 0.368. The van der Waals surface area contributed by atoms with Gasteiger partial charge in [-0.3, -0.25) is 14.2 Å². The molecule has 3 rings (SSSR count). The molecule has 6 heteroatoms. The number of hydrogen-bond acceptors (Lipinski definition) is 4. The standard InChI is InChI=1S/C20H20N4O2/c21-18(25)14-24-17(16-9-5-2-6-10-16)13-23-19(20(24)26)22-12-11-15-7-3-1-4-8-15/h1-10,13H,11-12,14H2,(H2,21,25)(H,22,23). The SMILES string of the molecule is NC(=O)Cn1c(-c2ccccc2)cnc(NCCc2ccccc2)c1=O. The van der Waals surface area contributed by atoms with Crippen LogP contribution in [0.1, 0.15) is 5.56 Å². The molecule has 0 saturated heterocycles. The molecule has 6 nitrogen and oxygen atoms in total. The highest BCUT2D eigenvalue weighted by Gasteiger charge is 2.13. The fourth-order valence-electron chi connectivity index (χ4n) is 2.73. The molecule has 1 heterocycles. The maximum atomic E-state index is 12.8. The molecule has 2 aromatic carbocycles. The summed E-state index contributed by atoms with van der Waals surface area (Å²) in [5, 5.41) is 3.06. The number of nitrogens with one attached hydrogen (secondary N) is 1.